The van der Waals surface area contributed by atoms with E-state index in [1.165, 1.54) is 19.4 Å². The Kier molecular flexibility index (Phi) is 3.30. The zero-order chi connectivity index (χ0) is 12.7. The first-order chi connectivity index (χ1) is 8.65. The van der Waals surface area contributed by atoms with Crippen LogP contribution in [0, 0.1) is 6.92 Å². The predicted octanol–water partition coefficient (Wildman–Crippen LogP) is 1.79. The molecule has 2 atom stereocenters. The molecule has 0 saturated carbocycles. The summed E-state index contributed by atoms with van der Waals surface area (Å²) in [5, 5.41) is 10.8. The van der Waals surface area contributed by atoms with E-state index in [4.69, 9.17) is 0 Å². The van der Waals surface area contributed by atoms with E-state index in [9.17, 15) is 5.11 Å². The largest absolute Gasteiger partial charge is 0.388 e. The van der Waals surface area contributed by atoms with Crippen molar-refractivity contribution in [3.05, 3.63) is 10.6 Å². The summed E-state index contributed by atoms with van der Waals surface area (Å²) < 4.78 is 0. The Labute approximate surface area is 112 Å². The lowest BCUT2D eigenvalue weighted by Gasteiger charge is -2.37. The topological polar surface area (TPSA) is 39.6 Å². The van der Waals surface area contributed by atoms with Crippen molar-refractivity contribution >= 4 is 16.5 Å². The van der Waals surface area contributed by atoms with Gasteiger partial charge in [-0.1, -0.05) is 11.3 Å². The fourth-order valence-electron chi connectivity index (χ4n) is 3.08. The predicted molar refractivity (Wildman–Crippen MR) is 74.3 cm³/mol. The second-order valence-electron chi connectivity index (χ2n) is 5.40. The van der Waals surface area contributed by atoms with Crippen LogP contribution in [0.2, 0.25) is 0 Å². The highest BCUT2D eigenvalue weighted by Gasteiger charge is 2.31. The second-order valence-corrected chi connectivity index (χ2v) is 6.41. The minimum atomic E-state index is -0.399. The van der Waals surface area contributed by atoms with Gasteiger partial charge in [-0.2, -0.15) is 0 Å². The van der Waals surface area contributed by atoms with Gasteiger partial charge in [-0.3, -0.25) is 4.90 Å². The van der Waals surface area contributed by atoms with Gasteiger partial charge < -0.3 is 10.0 Å². The standard InChI is InChI=1S/C13H21N3OS/c1-9-12(10(2)17)18-13(14-9)16-7-6-15-5-3-4-11(15)8-16/h10-11,17H,3-8H2,1-2H3. The van der Waals surface area contributed by atoms with Gasteiger partial charge in [-0.05, 0) is 33.2 Å². The molecule has 2 aliphatic rings. The third-order valence-electron chi connectivity index (χ3n) is 4.06. The lowest BCUT2D eigenvalue weighted by atomic mass is 10.2. The van der Waals surface area contributed by atoms with Crippen molar-refractivity contribution in [1.29, 1.82) is 0 Å². The summed E-state index contributed by atoms with van der Waals surface area (Å²) in [5.74, 6) is 0. The number of thiazole rings is 1. The van der Waals surface area contributed by atoms with Crippen LogP contribution in [0.4, 0.5) is 5.13 Å². The molecule has 4 nitrogen and oxygen atoms in total. The molecule has 1 aromatic rings. The maximum absolute atomic E-state index is 9.71. The van der Waals surface area contributed by atoms with Gasteiger partial charge in [-0.15, -0.1) is 0 Å². The molecule has 100 valence electrons. The number of aliphatic hydroxyl groups is 1. The van der Waals surface area contributed by atoms with Crippen molar-refractivity contribution < 1.29 is 5.11 Å². The van der Waals surface area contributed by atoms with Gasteiger partial charge in [0.2, 0.25) is 0 Å². The lowest BCUT2D eigenvalue weighted by molar-refractivity contribution is 0.202. The Hall–Kier alpha value is -0.650. The highest BCUT2D eigenvalue weighted by molar-refractivity contribution is 7.15. The zero-order valence-electron chi connectivity index (χ0n) is 11.1. The van der Waals surface area contributed by atoms with Gasteiger partial charge in [0.25, 0.3) is 0 Å². The number of rotatable bonds is 2. The molecule has 2 aliphatic heterocycles. The number of aryl methyl sites for hydroxylation is 1. The van der Waals surface area contributed by atoms with Crippen LogP contribution in [-0.4, -0.2) is 47.2 Å². The third kappa shape index (κ3) is 2.15. The average Bonchev–Trinajstić information content (AvgIpc) is 2.93. The van der Waals surface area contributed by atoms with E-state index in [-0.39, 0.29) is 0 Å². The van der Waals surface area contributed by atoms with Crippen molar-refractivity contribution in [3.63, 3.8) is 0 Å². The van der Waals surface area contributed by atoms with E-state index < -0.39 is 6.10 Å². The van der Waals surface area contributed by atoms with E-state index in [0.29, 0.717) is 0 Å². The van der Waals surface area contributed by atoms with Crippen LogP contribution in [0.5, 0.6) is 0 Å². The molecule has 1 N–H and O–H groups in total. The number of piperazine rings is 1. The number of hydrogen-bond acceptors (Lipinski definition) is 5. The van der Waals surface area contributed by atoms with Gasteiger partial charge in [0.15, 0.2) is 5.13 Å². The van der Waals surface area contributed by atoms with Crippen LogP contribution in [-0.2, 0) is 0 Å². The summed E-state index contributed by atoms with van der Waals surface area (Å²) >= 11 is 1.65. The quantitative estimate of drug-likeness (QED) is 0.887. The second kappa shape index (κ2) is 4.79. The highest BCUT2D eigenvalue weighted by Crippen LogP contribution is 2.33. The molecule has 3 rings (SSSR count). The summed E-state index contributed by atoms with van der Waals surface area (Å²) in [6.07, 6.45) is 2.27. The summed E-state index contributed by atoms with van der Waals surface area (Å²) in [6.45, 7) is 8.42. The minimum Gasteiger partial charge on any atom is -0.388 e. The minimum absolute atomic E-state index is 0.399. The van der Waals surface area contributed by atoms with Crippen LogP contribution >= 0.6 is 11.3 Å². The van der Waals surface area contributed by atoms with Gasteiger partial charge >= 0.3 is 0 Å². The van der Waals surface area contributed by atoms with Gasteiger partial charge in [0.05, 0.1) is 16.7 Å². The van der Waals surface area contributed by atoms with Gasteiger partial charge in [0, 0.05) is 25.7 Å². The summed E-state index contributed by atoms with van der Waals surface area (Å²) in [4.78, 5) is 10.7. The number of fused-ring (bicyclic) bond motifs is 1. The van der Waals surface area contributed by atoms with Gasteiger partial charge in [-0.25, -0.2) is 4.98 Å². The van der Waals surface area contributed by atoms with Crippen molar-refractivity contribution in [2.75, 3.05) is 31.1 Å². The van der Waals surface area contributed by atoms with Crippen molar-refractivity contribution in [1.82, 2.24) is 9.88 Å². The molecular weight excluding hydrogens is 246 g/mol. The Morgan fingerprint density at radius 2 is 2.22 bits per heavy atom. The molecule has 2 fully saturated rings. The zero-order valence-corrected chi connectivity index (χ0v) is 11.9. The smallest absolute Gasteiger partial charge is 0.185 e. The number of anilines is 1. The van der Waals surface area contributed by atoms with E-state index in [1.54, 1.807) is 11.3 Å². The summed E-state index contributed by atoms with van der Waals surface area (Å²) in [6, 6.07) is 0.720. The highest BCUT2D eigenvalue weighted by atomic mass is 32.1. The maximum Gasteiger partial charge on any atom is 0.185 e. The van der Waals surface area contributed by atoms with E-state index in [1.807, 2.05) is 13.8 Å². The molecule has 0 bridgehead atoms. The number of aliphatic hydroxyl groups excluding tert-OH is 1. The first-order valence-electron chi connectivity index (χ1n) is 6.79. The van der Waals surface area contributed by atoms with Gasteiger partial charge in [0.1, 0.15) is 0 Å². The number of nitrogens with zero attached hydrogens (tertiary/aromatic N) is 3. The lowest BCUT2D eigenvalue weighted by Crippen LogP contribution is -2.50. The fraction of sp³-hybridized carbons (Fsp3) is 0.769. The molecule has 5 heteroatoms. The Morgan fingerprint density at radius 3 is 2.94 bits per heavy atom. The maximum atomic E-state index is 9.71. The average molecular weight is 267 g/mol. The van der Waals surface area contributed by atoms with Crippen LogP contribution in [0.3, 0.4) is 0 Å². The fourth-order valence-corrected chi connectivity index (χ4v) is 4.12. The van der Waals surface area contributed by atoms with Crippen molar-refractivity contribution in [3.8, 4) is 0 Å². The SMILES string of the molecule is Cc1nc(N2CCN3CCCC3C2)sc1C(C)O. The molecular formula is C13H21N3OS. The molecule has 3 heterocycles. The normalized spacial score (nSPS) is 26.4. The summed E-state index contributed by atoms with van der Waals surface area (Å²) in [7, 11) is 0. The molecule has 0 aromatic carbocycles. The Bertz CT molecular complexity index is 432. The van der Waals surface area contributed by atoms with Crippen LogP contribution < -0.4 is 4.90 Å². The molecule has 0 aliphatic carbocycles. The molecule has 0 amide bonds. The molecule has 1 aromatic heterocycles. The molecule has 2 saturated heterocycles. The Morgan fingerprint density at radius 1 is 1.39 bits per heavy atom. The van der Waals surface area contributed by atoms with Crippen LogP contribution in [0.15, 0.2) is 0 Å². The van der Waals surface area contributed by atoms with Crippen molar-refractivity contribution in [2.45, 2.75) is 38.8 Å². The third-order valence-corrected chi connectivity index (χ3v) is 5.45. The molecule has 0 spiro atoms. The Balaban J connectivity index is 1.76. The molecule has 2 unspecified atom stereocenters. The van der Waals surface area contributed by atoms with E-state index >= 15 is 0 Å². The van der Waals surface area contributed by atoms with Crippen LogP contribution in [0.25, 0.3) is 0 Å². The van der Waals surface area contributed by atoms with Crippen LogP contribution in [0.1, 0.15) is 36.4 Å². The monoisotopic (exact) mass is 267 g/mol. The number of aromatic nitrogens is 1. The van der Waals surface area contributed by atoms with E-state index in [2.05, 4.69) is 14.8 Å². The first kappa shape index (κ1) is 12.4. The number of hydrogen-bond donors (Lipinski definition) is 1. The molecule has 0 radical (unpaired) electrons. The van der Waals surface area contributed by atoms with E-state index in [0.717, 1.165) is 41.4 Å². The molecule has 18 heavy (non-hydrogen) atoms. The van der Waals surface area contributed by atoms with Crippen molar-refractivity contribution in [2.24, 2.45) is 0 Å². The summed E-state index contributed by atoms with van der Waals surface area (Å²) in [5.41, 5.74) is 0.985. The first-order valence-corrected chi connectivity index (χ1v) is 7.61.